The average Bonchev–Trinajstić information content (AvgIpc) is 2.44. The van der Waals surface area contributed by atoms with E-state index in [1.807, 2.05) is 30.3 Å². The van der Waals surface area contributed by atoms with Crippen molar-refractivity contribution in [1.29, 1.82) is 0 Å². The maximum Gasteiger partial charge on any atom is 0.317 e. The zero-order valence-corrected chi connectivity index (χ0v) is 11.5. The largest absolute Gasteiger partial charge is 0.492 e. The molecule has 0 saturated carbocycles. The number of urea groups is 1. The fraction of sp³-hybridized carbons (Fsp3) is 0.429. The monoisotopic (exact) mass is 280 g/mol. The molecule has 1 rings (SSSR count). The molecule has 0 bridgehead atoms. The Bertz CT molecular complexity index is 422. The Hall–Kier alpha value is -2.24. The molecule has 2 amide bonds. The Balaban J connectivity index is 2.13. The number of carbonyl (C=O) groups excluding carboxylic acids is 1. The molecule has 20 heavy (non-hydrogen) atoms. The number of aliphatic carboxylic acids is 1. The van der Waals surface area contributed by atoms with Crippen LogP contribution in [0.3, 0.4) is 0 Å². The number of para-hydroxylation sites is 1. The summed E-state index contributed by atoms with van der Waals surface area (Å²) >= 11 is 0. The third-order valence-electron chi connectivity index (χ3n) is 2.63. The molecule has 0 saturated heterocycles. The van der Waals surface area contributed by atoms with Crippen molar-refractivity contribution in [2.45, 2.75) is 12.8 Å². The number of rotatable bonds is 8. The molecule has 0 radical (unpaired) electrons. The van der Waals surface area contributed by atoms with Gasteiger partial charge in [-0.25, -0.2) is 4.79 Å². The third-order valence-corrected chi connectivity index (χ3v) is 2.63. The van der Waals surface area contributed by atoms with Crippen molar-refractivity contribution in [3.8, 4) is 5.75 Å². The van der Waals surface area contributed by atoms with Crippen LogP contribution in [0.25, 0.3) is 0 Å². The van der Waals surface area contributed by atoms with Crippen LogP contribution in [-0.4, -0.2) is 48.8 Å². The van der Waals surface area contributed by atoms with Crippen LogP contribution in [0.1, 0.15) is 12.8 Å². The smallest absolute Gasteiger partial charge is 0.317 e. The summed E-state index contributed by atoms with van der Waals surface area (Å²) in [6.45, 7) is 1.22. The number of nitrogens with one attached hydrogen (secondary N) is 1. The van der Waals surface area contributed by atoms with Gasteiger partial charge in [0.2, 0.25) is 0 Å². The van der Waals surface area contributed by atoms with Crippen LogP contribution in [0.15, 0.2) is 30.3 Å². The summed E-state index contributed by atoms with van der Waals surface area (Å²) in [6, 6.07) is 9.15. The molecular formula is C14H20N2O4. The number of hydrogen-bond acceptors (Lipinski definition) is 3. The van der Waals surface area contributed by atoms with Crippen LogP contribution < -0.4 is 10.1 Å². The summed E-state index contributed by atoms with van der Waals surface area (Å²) < 4.78 is 5.48. The van der Waals surface area contributed by atoms with Gasteiger partial charge < -0.3 is 20.1 Å². The van der Waals surface area contributed by atoms with E-state index in [4.69, 9.17) is 9.84 Å². The molecular weight excluding hydrogens is 260 g/mol. The second kappa shape index (κ2) is 8.79. The van der Waals surface area contributed by atoms with Gasteiger partial charge in [-0.3, -0.25) is 4.79 Å². The van der Waals surface area contributed by atoms with Crippen molar-refractivity contribution in [3.63, 3.8) is 0 Å². The quantitative estimate of drug-likeness (QED) is 0.708. The zero-order valence-electron chi connectivity index (χ0n) is 11.5. The molecule has 2 N–H and O–H groups in total. The van der Waals surface area contributed by atoms with E-state index < -0.39 is 5.97 Å². The van der Waals surface area contributed by atoms with Crippen LogP contribution in [0, 0.1) is 0 Å². The van der Waals surface area contributed by atoms with Gasteiger partial charge in [0, 0.05) is 20.0 Å². The number of carboxylic acids is 1. The topological polar surface area (TPSA) is 78.9 Å². The van der Waals surface area contributed by atoms with E-state index in [2.05, 4.69) is 5.32 Å². The number of benzene rings is 1. The predicted octanol–water partition coefficient (Wildman–Crippen LogP) is 1.57. The normalized spacial score (nSPS) is 9.85. The summed E-state index contributed by atoms with van der Waals surface area (Å²) in [5.41, 5.74) is 0. The van der Waals surface area contributed by atoms with Crippen LogP contribution in [0.5, 0.6) is 5.75 Å². The van der Waals surface area contributed by atoms with Crippen molar-refractivity contribution in [2.75, 3.05) is 26.7 Å². The Labute approximate surface area is 118 Å². The standard InChI is InChI=1S/C14H20N2O4/c1-16(14(19)15-9-5-8-13(17)18)10-11-20-12-6-3-2-4-7-12/h2-4,6-7H,5,8-11H2,1H3,(H,15,19)(H,17,18). The highest BCUT2D eigenvalue weighted by atomic mass is 16.5. The predicted molar refractivity (Wildman–Crippen MR) is 74.8 cm³/mol. The van der Waals surface area contributed by atoms with E-state index in [9.17, 15) is 9.59 Å². The van der Waals surface area contributed by atoms with E-state index in [1.54, 1.807) is 7.05 Å². The van der Waals surface area contributed by atoms with Crippen LogP contribution in [-0.2, 0) is 4.79 Å². The SMILES string of the molecule is CN(CCOc1ccccc1)C(=O)NCCCC(=O)O. The van der Waals surface area contributed by atoms with Crippen molar-refractivity contribution in [3.05, 3.63) is 30.3 Å². The summed E-state index contributed by atoms with van der Waals surface area (Å²) in [5.74, 6) is -0.0911. The van der Waals surface area contributed by atoms with Crippen molar-refractivity contribution < 1.29 is 19.4 Å². The van der Waals surface area contributed by atoms with Gasteiger partial charge in [-0.05, 0) is 18.6 Å². The summed E-state index contributed by atoms with van der Waals surface area (Å²) in [5, 5.41) is 11.1. The first-order valence-corrected chi connectivity index (χ1v) is 6.48. The lowest BCUT2D eigenvalue weighted by atomic mass is 10.3. The average molecular weight is 280 g/mol. The number of nitrogens with zero attached hydrogens (tertiary/aromatic N) is 1. The van der Waals surface area contributed by atoms with E-state index in [0.717, 1.165) is 5.75 Å². The van der Waals surface area contributed by atoms with Crippen molar-refractivity contribution >= 4 is 12.0 Å². The fourth-order valence-electron chi connectivity index (χ4n) is 1.49. The minimum atomic E-state index is -0.858. The van der Waals surface area contributed by atoms with Gasteiger partial charge in [0.15, 0.2) is 0 Å². The van der Waals surface area contributed by atoms with Crippen LogP contribution in [0.4, 0.5) is 4.79 Å². The van der Waals surface area contributed by atoms with Gasteiger partial charge in [0.25, 0.3) is 0 Å². The number of ether oxygens (including phenoxy) is 1. The minimum absolute atomic E-state index is 0.0567. The highest BCUT2D eigenvalue weighted by Gasteiger charge is 2.07. The Morgan fingerprint density at radius 1 is 1.30 bits per heavy atom. The number of likely N-dealkylation sites (N-methyl/N-ethyl adjacent to an activating group) is 1. The maximum atomic E-state index is 11.6. The van der Waals surface area contributed by atoms with Gasteiger partial charge in [0.05, 0.1) is 6.54 Å². The first-order chi connectivity index (χ1) is 9.59. The van der Waals surface area contributed by atoms with E-state index in [1.165, 1.54) is 4.90 Å². The van der Waals surface area contributed by atoms with E-state index in [0.29, 0.717) is 26.1 Å². The summed E-state index contributed by atoms with van der Waals surface area (Å²) in [6.07, 6.45) is 0.483. The number of carboxylic acid groups (broad SMARTS) is 1. The molecule has 1 aromatic carbocycles. The highest BCUT2D eigenvalue weighted by molar-refractivity contribution is 5.73. The number of carbonyl (C=O) groups is 2. The molecule has 0 atom stereocenters. The lowest BCUT2D eigenvalue weighted by Gasteiger charge is -2.18. The van der Waals surface area contributed by atoms with Crippen LogP contribution in [0.2, 0.25) is 0 Å². The second-order valence-corrected chi connectivity index (χ2v) is 4.31. The van der Waals surface area contributed by atoms with Crippen LogP contribution >= 0.6 is 0 Å². The summed E-state index contributed by atoms with van der Waals surface area (Å²) in [7, 11) is 1.67. The third kappa shape index (κ3) is 6.63. The lowest BCUT2D eigenvalue weighted by molar-refractivity contribution is -0.137. The summed E-state index contributed by atoms with van der Waals surface area (Å²) in [4.78, 5) is 23.5. The maximum absolute atomic E-state index is 11.6. The van der Waals surface area contributed by atoms with Crippen molar-refractivity contribution in [2.24, 2.45) is 0 Å². The van der Waals surface area contributed by atoms with E-state index in [-0.39, 0.29) is 12.5 Å². The lowest BCUT2D eigenvalue weighted by Crippen LogP contribution is -2.39. The van der Waals surface area contributed by atoms with Gasteiger partial charge >= 0.3 is 12.0 Å². The molecule has 1 aromatic rings. The van der Waals surface area contributed by atoms with Gasteiger partial charge in [-0.15, -0.1) is 0 Å². The molecule has 0 fully saturated rings. The Morgan fingerprint density at radius 3 is 2.65 bits per heavy atom. The second-order valence-electron chi connectivity index (χ2n) is 4.31. The molecule has 0 heterocycles. The number of hydrogen-bond donors (Lipinski definition) is 2. The molecule has 110 valence electrons. The minimum Gasteiger partial charge on any atom is -0.492 e. The van der Waals surface area contributed by atoms with Gasteiger partial charge in [-0.1, -0.05) is 18.2 Å². The molecule has 0 aliphatic rings. The zero-order chi connectivity index (χ0) is 14.8. The Morgan fingerprint density at radius 2 is 2.00 bits per heavy atom. The molecule has 6 nitrogen and oxygen atoms in total. The fourth-order valence-corrected chi connectivity index (χ4v) is 1.49. The Kier molecular flexibility index (Phi) is 6.95. The highest BCUT2D eigenvalue weighted by Crippen LogP contribution is 2.07. The molecule has 0 aromatic heterocycles. The molecule has 0 aliphatic heterocycles. The number of amides is 2. The first kappa shape index (κ1) is 15.8. The first-order valence-electron chi connectivity index (χ1n) is 6.48. The van der Waals surface area contributed by atoms with Gasteiger partial charge in [0.1, 0.15) is 12.4 Å². The molecule has 6 heteroatoms. The molecule has 0 spiro atoms. The van der Waals surface area contributed by atoms with E-state index >= 15 is 0 Å². The van der Waals surface area contributed by atoms with Gasteiger partial charge in [-0.2, -0.15) is 0 Å². The molecule has 0 unspecified atom stereocenters. The van der Waals surface area contributed by atoms with Crippen molar-refractivity contribution in [1.82, 2.24) is 10.2 Å². The molecule has 0 aliphatic carbocycles.